The molecule has 1 aromatic carbocycles. The lowest BCUT2D eigenvalue weighted by molar-refractivity contribution is -0.149. The molecule has 122 valence electrons. The van der Waals surface area contributed by atoms with Crippen molar-refractivity contribution in [2.24, 2.45) is 5.92 Å². The van der Waals surface area contributed by atoms with E-state index in [2.05, 4.69) is 6.07 Å². The zero-order chi connectivity index (χ0) is 16.7. The van der Waals surface area contributed by atoms with E-state index in [-0.39, 0.29) is 24.4 Å². The van der Waals surface area contributed by atoms with Crippen molar-refractivity contribution in [3.8, 4) is 11.8 Å². The summed E-state index contributed by atoms with van der Waals surface area (Å²) >= 11 is 0. The molecule has 0 spiro atoms. The number of methoxy groups -OCH3 is 1. The Bertz CT molecular complexity index is 584. The summed E-state index contributed by atoms with van der Waals surface area (Å²) in [4.78, 5) is 25.3. The molecule has 1 saturated heterocycles. The van der Waals surface area contributed by atoms with Crippen LogP contribution in [0.2, 0.25) is 0 Å². The maximum atomic E-state index is 12.1. The molecule has 0 bridgehead atoms. The number of hydrogen-bond donors (Lipinski definition) is 0. The van der Waals surface area contributed by atoms with Crippen molar-refractivity contribution in [3.05, 3.63) is 29.8 Å². The number of rotatable bonds is 5. The molecule has 0 atom stereocenters. The third kappa shape index (κ3) is 4.71. The Labute approximate surface area is 135 Å². The van der Waals surface area contributed by atoms with Crippen LogP contribution in [-0.2, 0) is 20.7 Å². The van der Waals surface area contributed by atoms with Crippen molar-refractivity contribution < 1.29 is 19.1 Å². The van der Waals surface area contributed by atoms with E-state index in [0.29, 0.717) is 38.1 Å². The molecule has 0 aliphatic carbocycles. The normalized spacial score (nSPS) is 14.9. The molecule has 1 fully saturated rings. The summed E-state index contributed by atoms with van der Waals surface area (Å²) in [6, 6.07) is 9.21. The molecule has 0 saturated carbocycles. The van der Waals surface area contributed by atoms with E-state index >= 15 is 0 Å². The van der Waals surface area contributed by atoms with Gasteiger partial charge in [-0.3, -0.25) is 9.59 Å². The molecule has 1 aliphatic heterocycles. The molecule has 0 N–H and O–H groups in total. The Hall–Kier alpha value is -2.55. The molecule has 1 heterocycles. The number of likely N-dealkylation sites (tertiary alicyclic amines) is 1. The molecule has 1 aromatic rings. The lowest BCUT2D eigenvalue weighted by Crippen LogP contribution is -2.42. The molecule has 0 aromatic heterocycles. The van der Waals surface area contributed by atoms with Gasteiger partial charge in [-0.15, -0.1) is 0 Å². The fraction of sp³-hybridized carbons (Fsp3) is 0.471. The van der Waals surface area contributed by atoms with E-state index in [9.17, 15) is 9.59 Å². The first-order chi connectivity index (χ1) is 11.1. The number of benzene rings is 1. The Balaban J connectivity index is 1.77. The first kappa shape index (κ1) is 16.8. The van der Waals surface area contributed by atoms with Crippen LogP contribution in [0.4, 0.5) is 0 Å². The van der Waals surface area contributed by atoms with Crippen LogP contribution in [-0.4, -0.2) is 43.6 Å². The van der Waals surface area contributed by atoms with Gasteiger partial charge >= 0.3 is 5.97 Å². The van der Waals surface area contributed by atoms with E-state index in [4.69, 9.17) is 14.7 Å². The molecule has 1 amide bonds. The number of ether oxygens (including phenoxy) is 2. The van der Waals surface area contributed by atoms with Gasteiger partial charge in [-0.2, -0.15) is 5.26 Å². The number of nitriles is 1. The minimum atomic E-state index is -0.203. The summed E-state index contributed by atoms with van der Waals surface area (Å²) in [7, 11) is 1.38. The maximum absolute atomic E-state index is 12.1. The highest BCUT2D eigenvalue weighted by Gasteiger charge is 2.27. The fourth-order valence-electron chi connectivity index (χ4n) is 2.56. The van der Waals surface area contributed by atoms with Gasteiger partial charge in [-0.05, 0) is 30.5 Å². The third-order valence-electron chi connectivity index (χ3n) is 3.95. The first-order valence-electron chi connectivity index (χ1n) is 7.58. The zero-order valence-corrected chi connectivity index (χ0v) is 13.2. The summed E-state index contributed by atoms with van der Waals surface area (Å²) in [6.45, 7) is 1.06. The maximum Gasteiger partial charge on any atom is 0.308 e. The quantitative estimate of drug-likeness (QED) is 0.770. The number of nitrogens with zero attached hydrogens (tertiary/aromatic N) is 2. The second kappa shape index (κ2) is 8.18. The van der Waals surface area contributed by atoms with Crippen LogP contribution in [0.3, 0.4) is 0 Å². The predicted octanol–water partition coefficient (Wildman–Crippen LogP) is 1.54. The lowest BCUT2D eigenvalue weighted by Gasteiger charge is -2.30. The van der Waals surface area contributed by atoms with E-state index < -0.39 is 0 Å². The minimum absolute atomic E-state index is 0.0273. The van der Waals surface area contributed by atoms with Crippen LogP contribution in [0.15, 0.2) is 24.3 Å². The molecule has 1 aliphatic rings. The Morgan fingerprint density at radius 2 is 1.91 bits per heavy atom. The van der Waals surface area contributed by atoms with Gasteiger partial charge in [-0.1, -0.05) is 12.1 Å². The van der Waals surface area contributed by atoms with Crippen molar-refractivity contribution in [2.75, 3.05) is 26.8 Å². The van der Waals surface area contributed by atoms with Gasteiger partial charge in [0, 0.05) is 13.1 Å². The van der Waals surface area contributed by atoms with E-state index in [1.165, 1.54) is 7.11 Å². The van der Waals surface area contributed by atoms with Crippen molar-refractivity contribution >= 4 is 11.9 Å². The molecular formula is C17H20N2O4. The molecule has 2 rings (SSSR count). The number of piperidine rings is 1. The van der Waals surface area contributed by atoms with E-state index in [1.807, 2.05) is 12.1 Å². The van der Waals surface area contributed by atoms with Crippen LogP contribution in [0.5, 0.6) is 5.75 Å². The molecular weight excluding hydrogens is 296 g/mol. The topological polar surface area (TPSA) is 79.6 Å². The summed E-state index contributed by atoms with van der Waals surface area (Å²) in [5.41, 5.74) is 0.913. The Morgan fingerprint density at radius 1 is 1.26 bits per heavy atom. The van der Waals surface area contributed by atoms with Crippen LogP contribution in [0.25, 0.3) is 0 Å². The van der Waals surface area contributed by atoms with Crippen LogP contribution >= 0.6 is 0 Å². The van der Waals surface area contributed by atoms with Crippen LogP contribution in [0.1, 0.15) is 18.4 Å². The number of carbonyl (C=O) groups is 2. The molecule has 6 heteroatoms. The Kier molecular flexibility index (Phi) is 5.98. The number of carbonyl (C=O) groups excluding carboxylic acids is 2. The molecule has 23 heavy (non-hydrogen) atoms. The van der Waals surface area contributed by atoms with Crippen molar-refractivity contribution in [1.29, 1.82) is 5.26 Å². The molecule has 6 nitrogen and oxygen atoms in total. The summed E-state index contributed by atoms with van der Waals surface area (Å²) in [6.07, 6.45) is 1.61. The largest absolute Gasteiger partial charge is 0.484 e. The van der Waals surface area contributed by atoms with Gasteiger partial charge in [0.2, 0.25) is 0 Å². The molecule has 0 unspecified atom stereocenters. The SMILES string of the molecule is COC(=O)C1CCN(C(=O)COc2ccc(CC#N)cc2)CC1. The third-order valence-corrected chi connectivity index (χ3v) is 3.95. The Morgan fingerprint density at radius 3 is 2.48 bits per heavy atom. The van der Waals surface area contributed by atoms with Crippen LogP contribution < -0.4 is 4.74 Å². The average molecular weight is 316 g/mol. The standard InChI is InChI=1S/C17H20N2O4/c1-22-17(21)14-7-10-19(11-8-14)16(20)12-23-15-4-2-13(3-5-15)6-9-18/h2-5,14H,6-8,10-12H2,1H3. The highest BCUT2D eigenvalue weighted by molar-refractivity contribution is 5.78. The molecule has 0 radical (unpaired) electrons. The summed E-state index contributed by atoms with van der Waals surface area (Å²) in [5, 5.41) is 8.62. The minimum Gasteiger partial charge on any atom is -0.484 e. The summed E-state index contributed by atoms with van der Waals surface area (Å²) < 4.78 is 10.2. The van der Waals surface area contributed by atoms with Gasteiger partial charge in [0.1, 0.15) is 5.75 Å². The van der Waals surface area contributed by atoms with Crippen molar-refractivity contribution in [2.45, 2.75) is 19.3 Å². The van der Waals surface area contributed by atoms with Gasteiger partial charge in [0.05, 0.1) is 25.5 Å². The van der Waals surface area contributed by atoms with Gasteiger partial charge in [0.15, 0.2) is 6.61 Å². The first-order valence-corrected chi connectivity index (χ1v) is 7.58. The summed E-state index contributed by atoms with van der Waals surface area (Å²) in [5.74, 6) is 0.197. The number of esters is 1. The predicted molar refractivity (Wildman–Crippen MR) is 82.6 cm³/mol. The van der Waals surface area contributed by atoms with Gasteiger partial charge in [0.25, 0.3) is 5.91 Å². The van der Waals surface area contributed by atoms with Crippen LogP contribution in [0, 0.1) is 17.2 Å². The zero-order valence-electron chi connectivity index (χ0n) is 13.2. The smallest absolute Gasteiger partial charge is 0.308 e. The monoisotopic (exact) mass is 316 g/mol. The fourth-order valence-corrected chi connectivity index (χ4v) is 2.56. The van der Waals surface area contributed by atoms with E-state index in [0.717, 1.165) is 5.56 Å². The second-order valence-corrected chi connectivity index (χ2v) is 5.45. The van der Waals surface area contributed by atoms with Crippen molar-refractivity contribution in [3.63, 3.8) is 0 Å². The van der Waals surface area contributed by atoms with Gasteiger partial charge < -0.3 is 14.4 Å². The van der Waals surface area contributed by atoms with E-state index in [1.54, 1.807) is 17.0 Å². The highest BCUT2D eigenvalue weighted by Crippen LogP contribution is 2.19. The second-order valence-electron chi connectivity index (χ2n) is 5.45. The highest BCUT2D eigenvalue weighted by atomic mass is 16.5. The van der Waals surface area contributed by atoms with Gasteiger partial charge in [-0.25, -0.2) is 0 Å². The number of amides is 1. The lowest BCUT2D eigenvalue weighted by atomic mass is 9.97. The van der Waals surface area contributed by atoms with Crippen molar-refractivity contribution in [1.82, 2.24) is 4.90 Å². The number of hydrogen-bond acceptors (Lipinski definition) is 5. The average Bonchev–Trinajstić information content (AvgIpc) is 2.60.